The Balaban J connectivity index is 2.59. The second kappa shape index (κ2) is 6.91. The van der Waals surface area contributed by atoms with Crippen LogP contribution in [0.25, 0.3) is 0 Å². The number of carbonyl (C=O) groups is 3. The molecule has 0 unspecified atom stereocenters. The number of hydrogen-bond acceptors (Lipinski definition) is 6. The molecule has 19 heavy (non-hydrogen) atoms. The van der Waals surface area contributed by atoms with E-state index in [1.807, 2.05) is 0 Å². The van der Waals surface area contributed by atoms with Crippen LogP contribution in [0.5, 0.6) is 5.75 Å². The average molecular weight is 282 g/mol. The fourth-order valence-electron chi connectivity index (χ4n) is 1.18. The predicted octanol–water partition coefficient (Wildman–Crippen LogP) is 1.10. The van der Waals surface area contributed by atoms with Crippen molar-refractivity contribution in [2.24, 2.45) is 5.84 Å². The maximum absolute atomic E-state index is 11.4. The van der Waals surface area contributed by atoms with Crippen LogP contribution in [0, 0.1) is 0 Å². The smallest absolute Gasteiger partial charge is 0.321 e. The highest BCUT2D eigenvalue weighted by molar-refractivity contribution is 8.14. The predicted molar refractivity (Wildman–Crippen MR) is 72.6 cm³/mol. The number of hydrazine groups is 1. The van der Waals surface area contributed by atoms with Gasteiger partial charge in [0.1, 0.15) is 5.75 Å². The highest BCUT2D eigenvalue weighted by Crippen LogP contribution is 2.18. The van der Waals surface area contributed by atoms with Crippen molar-refractivity contribution in [2.75, 3.05) is 10.8 Å². The fraction of sp³-hybridized carbons (Fsp3) is 0.250. The Hall–Kier alpha value is -1.86. The van der Waals surface area contributed by atoms with Crippen LogP contribution in [0.4, 0.5) is 5.69 Å². The molecule has 0 bridgehead atoms. The highest BCUT2D eigenvalue weighted by Gasteiger charge is 2.09. The molecule has 0 saturated carbocycles. The molecule has 1 rings (SSSR count). The summed E-state index contributed by atoms with van der Waals surface area (Å²) < 4.78 is 5.00. The van der Waals surface area contributed by atoms with Crippen molar-refractivity contribution in [3.05, 3.63) is 24.3 Å². The summed E-state index contributed by atoms with van der Waals surface area (Å²) in [5.41, 5.74) is 0.491. The quantitative estimate of drug-likeness (QED) is 0.292. The molecule has 1 aromatic rings. The van der Waals surface area contributed by atoms with Crippen LogP contribution in [-0.2, 0) is 14.4 Å². The molecule has 1 amide bonds. The lowest BCUT2D eigenvalue weighted by Gasteiger charge is -2.14. The third-order valence-electron chi connectivity index (χ3n) is 2.08. The van der Waals surface area contributed by atoms with E-state index < -0.39 is 5.97 Å². The largest absolute Gasteiger partial charge is 0.426 e. The lowest BCUT2D eigenvalue weighted by atomic mass is 10.3. The van der Waals surface area contributed by atoms with Crippen molar-refractivity contribution in [2.45, 2.75) is 13.8 Å². The number of hydrogen-bond donors (Lipinski definition) is 1. The van der Waals surface area contributed by atoms with Gasteiger partial charge >= 0.3 is 5.97 Å². The number of nitrogens with zero attached hydrogens (tertiary/aromatic N) is 1. The third-order valence-corrected chi connectivity index (χ3v) is 2.87. The summed E-state index contributed by atoms with van der Waals surface area (Å²) in [6.45, 7) is 2.72. The number of thioether (sulfide) groups is 1. The maximum atomic E-state index is 11.4. The van der Waals surface area contributed by atoms with Crippen LogP contribution in [-0.4, -0.2) is 22.7 Å². The van der Waals surface area contributed by atoms with E-state index >= 15 is 0 Å². The Morgan fingerprint density at radius 3 is 2.26 bits per heavy atom. The van der Waals surface area contributed by atoms with E-state index in [1.165, 1.54) is 26.0 Å². The van der Waals surface area contributed by atoms with Gasteiger partial charge in [0.15, 0.2) is 5.12 Å². The van der Waals surface area contributed by atoms with E-state index in [4.69, 9.17) is 10.6 Å². The number of esters is 1. The molecule has 0 heterocycles. The van der Waals surface area contributed by atoms with Gasteiger partial charge in [-0.1, -0.05) is 11.8 Å². The van der Waals surface area contributed by atoms with Gasteiger partial charge in [-0.3, -0.25) is 14.4 Å². The molecule has 0 aromatic heterocycles. The molecule has 6 nitrogen and oxygen atoms in total. The van der Waals surface area contributed by atoms with Crippen LogP contribution < -0.4 is 15.6 Å². The molecule has 1 aromatic carbocycles. The molecule has 0 aliphatic carbocycles. The lowest BCUT2D eigenvalue weighted by molar-refractivity contribution is -0.131. The molecule has 102 valence electrons. The van der Waals surface area contributed by atoms with Gasteiger partial charge in [0.05, 0.1) is 11.4 Å². The molecular weight excluding hydrogens is 268 g/mol. The summed E-state index contributed by atoms with van der Waals surface area (Å²) in [6, 6.07) is 6.16. The minimum Gasteiger partial charge on any atom is -0.426 e. The number of benzene rings is 1. The zero-order valence-electron chi connectivity index (χ0n) is 10.6. The van der Waals surface area contributed by atoms with E-state index in [-0.39, 0.29) is 16.8 Å². The van der Waals surface area contributed by atoms with Crippen molar-refractivity contribution in [1.29, 1.82) is 0 Å². The minimum absolute atomic E-state index is 0.0342. The molecule has 0 radical (unpaired) electrons. The van der Waals surface area contributed by atoms with Crippen molar-refractivity contribution in [3.63, 3.8) is 0 Å². The lowest BCUT2D eigenvalue weighted by Crippen LogP contribution is -2.35. The van der Waals surface area contributed by atoms with Gasteiger partial charge in [-0.2, -0.15) is 0 Å². The van der Waals surface area contributed by atoms with Gasteiger partial charge in [0, 0.05) is 13.8 Å². The Bertz CT molecular complexity index is 487. The molecule has 0 spiro atoms. The van der Waals surface area contributed by atoms with E-state index in [2.05, 4.69) is 0 Å². The highest BCUT2D eigenvalue weighted by atomic mass is 32.2. The molecule has 0 saturated heterocycles. The van der Waals surface area contributed by atoms with E-state index in [9.17, 15) is 14.4 Å². The Kier molecular flexibility index (Phi) is 5.53. The van der Waals surface area contributed by atoms with Gasteiger partial charge in [0.25, 0.3) is 0 Å². The second-order valence-corrected chi connectivity index (χ2v) is 4.79. The van der Waals surface area contributed by atoms with Gasteiger partial charge in [-0.05, 0) is 24.3 Å². The van der Waals surface area contributed by atoms with Crippen LogP contribution >= 0.6 is 11.8 Å². The van der Waals surface area contributed by atoms with Gasteiger partial charge < -0.3 is 4.74 Å². The molecule has 0 aliphatic rings. The first-order chi connectivity index (χ1) is 8.90. The van der Waals surface area contributed by atoms with E-state index in [1.54, 1.807) is 12.1 Å². The molecule has 7 heteroatoms. The SMILES string of the molecule is CC(=O)SCC(=O)Oc1ccc(N(N)C(C)=O)cc1. The van der Waals surface area contributed by atoms with Crippen molar-refractivity contribution >= 4 is 34.4 Å². The summed E-state index contributed by atoms with van der Waals surface area (Å²) in [5.74, 6) is 4.99. The fourth-order valence-corrected chi connectivity index (χ4v) is 1.56. The van der Waals surface area contributed by atoms with Crippen molar-refractivity contribution in [1.82, 2.24) is 0 Å². The van der Waals surface area contributed by atoms with E-state index in [0.29, 0.717) is 11.4 Å². The van der Waals surface area contributed by atoms with Crippen molar-refractivity contribution in [3.8, 4) is 5.75 Å². The van der Waals surface area contributed by atoms with E-state index in [0.717, 1.165) is 16.8 Å². The van der Waals surface area contributed by atoms with Crippen LogP contribution in [0.15, 0.2) is 24.3 Å². The Labute approximate surface area is 114 Å². The van der Waals surface area contributed by atoms with Gasteiger partial charge in [0.2, 0.25) is 5.91 Å². The maximum Gasteiger partial charge on any atom is 0.321 e. The summed E-state index contributed by atoms with van der Waals surface area (Å²) in [6.07, 6.45) is 0. The number of anilines is 1. The molecular formula is C12H14N2O4S. The Morgan fingerprint density at radius 1 is 1.21 bits per heavy atom. The standard InChI is InChI=1S/C12H14N2O4S/c1-8(15)14(13)10-3-5-11(6-4-10)18-12(17)7-19-9(2)16/h3-6H,7,13H2,1-2H3. The molecule has 2 N–H and O–H groups in total. The number of carbonyl (C=O) groups excluding carboxylic acids is 3. The minimum atomic E-state index is -0.510. The first-order valence-electron chi connectivity index (χ1n) is 5.39. The topological polar surface area (TPSA) is 89.7 Å². The molecule has 0 atom stereocenters. The normalized spacial score (nSPS) is 9.84. The molecule has 0 fully saturated rings. The Morgan fingerprint density at radius 2 is 1.79 bits per heavy atom. The van der Waals surface area contributed by atoms with Crippen molar-refractivity contribution < 1.29 is 19.1 Å². The van der Waals surface area contributed by atoms with Gasteiger partial charge in [-0.25, -0.2) is 10.9 Å². The molecule has 0 aliphatic heterocycles. The number of ether oxygens (including phenoxy) is 1. The summed E-state index contributed by atoms with van der Waals surface area (Å²) in [4.78, 5) is 33.1. The third kappa shape index (κ3) is 5.11. The second-order valence-electron chi connectivity index (χ2n) is 3.64. The number of amides is 1. The monoisotopic (exact) mass is 282 g/mol. The van der Waals surface area contributed by atoms with Gasteiger partial charge in [-0.15, -0.1) is 0 Å². The van der Waals surface area contributed by atoms with Crippen LogP contribution in [0.3, 0.4) is 0 Å². The summed E-state index contributed by atoms with van der Waals surface area (Å²) >= 11 is 0.884. The van der Waals surface area contributed by atoms with Crippen LogP contribution in [0.1, 0.15) is 13.8 Å². The zero-order chi connectivity index (χ0) is 14.4. The summed E-state index contributed by atoms with van der Waals surface area (Å²) in [7, 11) is 0. The van der Waals surface area contributed by atoms with Crippen LogP contribution in [0.2, 0.25) is 0 Å². The number of rotatable bonds is 4. The average Bonchev–Trinajstić information content (AvgIpc) is 2.36. The first-order valence-corrected chi connectivity index (χ1v) is 6.38. The zero-order valence-corrected chi connectivity index (χ0v) is 11.4. The number of nitrogens with two attached hydrogens (primary N) is 1. The first kappa shape index (κ1) is 15.2. The summed E-state index contributed by atoms with van der Waals surface area (Å²) in [5, 5.41) is 0.838.